The third-order valence-electron chi connectivity index (χ3n) is 4.47. The van der Waals surface area contributed by atoms with Crippen LogP contribution < -0.4 is 5.32 Å². The Morgan fingerprint density at radius 3 is 2.65 bits per heavy atom. The minimum atomic E-state index is 0.0967. The number of nitrogens with one attached hydrogen (secondary N) is 1. The number of nitrogens with zero attached hydrogens (tertiary/aromatic N) is 1. The predicted molar refractivity (Wildman–Crippen MR) is 92.4 cm³/mol. The van der Waals surface area contributed by atoms with Gasteiger partial charge in [-0.2, -0.15) is 0 Å². The van der Waals surface area contributed by atoms with Crippen LogP contribution in [0.25, 0.3) is 5.70 Å². The number of rotatable bonds is 6. The van der Waals surface area contributed by atoms with Crippen molar-refractivity contribution in [2.45, 2.75) is 32.9 Å². The highest BCUT2D eigenvalue weighted by Crippen LogP contribution is 2.34. The monoisotopic (exact) mass is 316 g/mol. The average Bonchev–Trinajstić information content (AvgIpc) is 3.00. The van der Waals surface area contributed by atoms with Crippen molar-refractivity contribution in [2.24, 2.45) is 11.8 Å². The van der Waals surface area contributed by atoms with Gasteiger partial charge in [0.15, 0.2) is 6.23 Å². The molecule has 1 saturated heterocycles. The highest BCUT2D eigenvalue weighted by molar-refractivity contribution is 5.64. The number of hydrogen-bond donors (Lipinski definition) is 1. The summed E-state index contributed by atoms with van der Waals surface area (Å²) in [6.45, 7) is 7.88. The van der Waals surface area contributed by atoms with Crippen LogP contribution in [0.3, 0.4) is 0 Å². The molecular weight excluding hydrogens is 288 g/mol. The summed E-state index contributed by atoms with van der Waals surface area (Å²) in [7, 11) is 0. The van der Waals surface area contributed by atoms with Gasteiger partial charge >= 0.3 is 0 Å². The fraction of sp³-hybridized carbons (Fsp3) is 0.579. The van der Waals surface area contributed by atoms with Crippen LogP contribution in [-0.2, 0) is 9.47 Å². The zero-order valence-corrected chi connectivity index (χ0v) is 14.2. The lowest BCUT2D eigenvalue weighted by Crippen LogP contribution is -2.43. The Morgan fingerprint density at radius 2 is 1.96 bits per heavy atom. The van der Waals surface area contributed by atoms with Crippen molar-refractivity contribution in [3.8, 4) is 0 Å². The molecule has 23 heavy (non-hydrogen) atoms. The summed E-state index contributed by atoms with van der Waals surface area (Å²) >= 11 is 0. The van der Waals surface area contributed by atoms with Gasteiger partial charge in [0.2, 0.25) is 0 Å². The maximum atomic E-state index is 6.09. The standard InChI is InChI=1S/C19H28N2O2/c1-15(2)12-22-14-21-18(16-6-4-3-5-7-16)13-23-19(21)17-8-10-20-11-9-17/h3-7,13,15,17,19-20H,8-12,14H2,1-2H3. The molecule has 1 unspecified atom stereocenters. The van der Waals surface area contributed by atoms with Gasteiger partial charge < -0.3 is 19.7 Å². The van der Waals surface area contributed by atoms with Crippen molar-refractivity contribution in [2.75, 3.05) is 26.4 Å². The first-order valence-electron chi connectivity index (χ1n) is 8.72. The van der Waals surface area contributed by atoms with Gasteiger partial charge in [-0.15, -0.1) is 0 Å². The van der Waals surface area contributed by atoms with E-state index in [0.717, 1.165) is 38.2 Å². The molecule has 0 saturated carbocycles. The van der Waals surface area contributed by atoms with Crippen LogP contribution in [0.1, 0.15) is 32.3 Å². The Labute approximate surface area is 139 Å². The molecule has 126 valence electrons. The lowest BCUT2D eigenvalue weighted by Gasteiger charge is -2.35. The van der Waals surface area contributed by atoms with Gasteiger partial charge in [-0.05, 0) is 31.8 Å². The fourth-order valence-electron chi connectivity index (χ4n) is 3.28. The van der Waals surface area contributed by atoms with Crippen molar-refractivity contribution in [3.63, 3.8) is 0 Å². The van der Waals surface area contributed by atoms with Gasteiger partial charge in [0, 0.05) is 11.5 Å². The van der Waals surface area contributed by atoms with Crippen molar-refractivity contribution in [1.29, 1.82) is 0 Å². The van der Waals surface area contributed by atoms with Gasteiger partial charge in [0.25, 0.3) is 0 Å². The van der Waals surface area contributed by atoms with Gasteiger partial charge in [-0.25, -0.2) is 0 Å². The van der Waals surface area contributed by atoms with E-state index in [9.17, 15) is 0 Å². The number of ether oxygens (including phenoxy) is 2. The molecule has 1 aromatic carbocycles. The van der Waals surface area contributed by atoms with Gasteiger partial charge in [-0.3, -0.25) is 0 Å². The molecule has 0 amide bonds. The highest BCUT2D eigenvalue weighted by atomic mass is 16.5. The first-order valence-corrected chi connectivity index (χ1v) is 8.72. The van der Waals surface area contributed by atoms with Crippen LogP contribution in [0, 0.1) is 11.8 Å². The average molecular weight is 316 g/mol. The van der Waals surface area contributed by atoms with Crippen molar-refractivity contribution in [1.82, 2.24) is 10.2 Å². The number of hydrogen-bond acceptors (Lipinski definition) is 4. The second-order valence-corrected chi connectivity index (χ2v) is 6.85. The van der Waals surface area contributed by atoms with E-state index in [1.54, 1.807) is 0 Å². The zero-order valence-electron chi connectivity index (χ0n) is 14.2. The Kier molecular flexibility index (Phi) is 5.57. The van der Waals surface area contributed by atoms with E-state index in [1.807, 2.05) is 12.3 Å². The maximum absolute atomic E-state index is 6.09. The normalized spacial score (nSPS) is 22.3. The van der Waals surface area contributed by atoms with Crippen LogP contribution >= 0.6 is 0 Å². The van der Waals surface area contributed by atoms with Crippen LogP contribution in [0.5, 0.6) is 0 Å². The third kappa shape index (κ3) is 4.06. The van der Waals surface area contributed by atoms with E-state index in [1.165, 1.54) is 5.56 Å². The van der Waals surface area contributed by atoms with Crippen LogP contribution in [0.15, 0.2) is 36.6 Å². The molecule has 1 aromatic rings. The van der Waals surface area contributed by atoms with E-state index >= 15 is 0 Å². The van der Waals surface area contributed by atoms with Gasteiger partial charge in [0.1, 0.15) is 13.0 Å². The summed E-state index contributed by atoms with van der Waals surface area (Å²) in [5.41, 5.74) is 2.33. The molecule has 1 N–H and O–H groups in total. The van der Waals surface area contributed by atoms with E-state index in [4.69, 9.17) is 9.47 Å². The molecule has 2 heterocycles. The van der Waals surface area contributed by atoms with Crippen LogP contribution in [0.2, 0.25) is 0 Å². The largest absolute Gasteiger partial charge is 0.476 e. The van der Waals surface area contributed by atoms with E-state index in [2.05, 4.69) is 48.3 Å². The summed E-state index contributed by atoms with van der Waals surface area (Å²) in [5, 5.41) is 3.43. The first kappa shape index (κ1) is 16.3. The van der Waals surface area contributed by atoms with Crippen LogP contribution in [0.4, 0.5) is 0 Å². The van der Waals surface area contributed by atoms with E-state index in [0.29, 0.717) is 18.6 Å². The topological polar surface area (TPSA) is 33.7 Å². The molecular formula is C19H28N2O2. The molecule has 3 rings (SSSR count). The fourth-order valence-corrected chi connectivity index (χ4v) is 3.28. The summed E-state index contributed by atoms with van der Waals surface area (Å²) in [6.07, 6.45) is 4.32. The zero-order chi connectivity index (χ0) is 16.1. The third-order valence-corrected chi connectivity index (χ3v) is 4.47. The molecule has 1 fully saturated rings. The summed E-state index contributed by atoms with van der Waals surface area (Å²) in [4.78, 5) is 2.30. The number of benzene rings is 1. The molecule has 0 aromatic heterocycles. The second-order valence-electron chi connectivity index (χ2n) is 6.85. The van der Waals surface area contributed by atoms with Crippen molar-refractivity contribution in [3.05, 3.63) is 42.2 Å². The molecule has 4 heteroatoms. The molecule has 0 aliphatic carbocycles. The number of piperidine rings is 1. The Bertz CT molecular complexity index is 509. The van der Waals surface area contributed by atoms with Crippen LogP contribution in [-0.4, -0.2) is 37.6 Å². The Morgan fingerprint density at radius 1 is 1.22 bits per heavy atom. The minimum Gasteiger partial charge on any atom is -0.476 e. The SMILES string of the molecule is CC(C)COCN1C(c2ccccc2)=COC1C1CCNCC1. The summed E-state index contributed by atoms with van der Waals surface area (Å²) in [5.74, 6) is 1.09. The highest BCUT2D eigenvalue weighted by Gasteiger charge is 2.35. The summed E-state index contributed by atoms with van der Waals surface area (Å²) < 4.78 is 12.0. The van der Waals surface area contributed by atoms with Gasteiger partial charge in [-0.1, -0.05) is 44.2 Å². The van der Waals surface area contributed by atoms with Gasteiger partial charge in [0.05, 0.1) is 12.3 Å². The molecule has 0 radical (unpaired) electrons. The lowest BCUT2D eigenvalue weighted by molar-refractivity contribution is -0.0602. The van der Waals surface area contributed by atoms with Crippen molar-refractivity contribution < 1.29 is 9.47 Å². The first-order chi connectivity index (χ1) is 11.3. The Hall–Kier alpha value is -1.52. The van der Waals surface area contributed by atoms with E-state index < -0.39 is 0 Å². The molecule has 2 aliphatic heterocycles. The quantitative estimate of drug-likeness (QED) is 0.873. The minimum absolute atomic E-state index is 0.0967. The maximum Gasteiger partial charge on any atom is 0.176 e. The molecule has 0 bridgehead atoms. The smallest absolute Gasteiger partial charge is 0.176 e. The molecule has 0 spiro atoms. The second kappa shape index (κ2) is 7.84. The van der Waals surface area contributed by atoms with E-state index in [-0.39, 0.29) is 6.23 Å². The summed E-state index contributed by atoms with van der Waals surface area (Å²) in [6, 6.07) is 10.5. The molecule has 1 atom stereocenters. The Balaban J connectivity index is 1.73. The lowest BCUT2D eigenvalue weighted by atomic mass is 9.95. The molecule has 4 nitrogen and oxygen atoms in total. The van der Waals surface area contributed by atoms with Crippen molar-refractivity contribution >= 4 is 5.70 Å². The molecule has 2 aliphatic rings. The predicted octanol–water partition coefficient (Wildman–Crippen LogP) is 3.27.